The molecule has 17 nitrogen and oxygen atoms in total. The maximum atomic E-state index is 13.2. The summed E-state index contributed by atoms with van der Waals surface area (Å²) in [6.07, 6.45) is 66.9. The fraction of sp³-hybridized carbons (Fsp3) is 0.955. The molecule has 0 amide bonds. The summed E-state index contributed by atoms with van der Waals surface area (Å²) in [5.74, 6) is 1.01. The van der Waals surface area contributed by atoms with Gasteiger partial charge in [0.05, 0.1) is 26.4 Å². The summed E-state index contributed by atoms with van der Waals surface area (Å²) >= 11 is 0. The standard InChI is InChI=1S/C88H172O17P2/c1-78(2)64-56-48-40-34-28-22-16-11-9-10-12-19-26-32-38-44-54-63-71-88(93)105-84(75-99-86(91)69-61-53-47-46-51-59-67-81(7)8)77-103-107(96,97)101-73-82(89)72-100-106(94,95)102-76-83(74-98-85(90)68-60-52-43-37-31-25-21-15-18-24-30-36-42-50-58-66-80(5)6)104-87(92)70-62-55-45-39-33-27-20-14-13-17-23-29-35-41-49-57-65-79(3)4/h78-84,89H,9-77H2,1-8H3,(H,94,95)(H,96,97)/t82?,83-,84-/m1/s1. The van der Waals surface area contributed by atoms with Crippen LogP contribution in [0.25, 0.3) is 0 Å². The molecule has 0 aliphatic carbocycles. The van der Waals surface area contributed by atoms with E-state index in [0.717, 1.165) is 114 Å². The van der Waals surface area contributed by atoms with Crippen LogP contribution in [0.3, 0.4) is 0 Å². The second-order valence-corrected chi connectivity index (χ2v) is 36.4. The molecule has 0 aromatic heterocycles. The molecule has 636 valence electrons. The van der Waals surface area contributed by atoms with Crippen LogP contribution in [-0.4, -0.2) is 96.7 Å². The lowest BCUT2D eigenvalue weighted by atomic mass is 10.0. The van der Waals surface area contributed by atoms with Gasteiger partial charge in [-0.15, -0.1) is 0 Å². The SMILES string of the molecule is CC(C)CCCCCCCCCCCCCCCCCCCCC(=O)O[C@H](COC(=O)CCCCCCCCC(C)C)COP(=O)(O)OCC(O)COP(=O)(O)OC[C@@H](COC(=O)CCCCCCCCCCCCCCCCCC(C)C)OC(=O)CCCCCCCCCCCCCCCCCCC(C)C. The van der Waals surface area contributed by atoms with Gasteiger partial charge in [0.15, 0.2) is 12.2 Å². The molecule has 0 aromatic rings. The molecule has 0 bridgehead atoms. The number of hydrogen-bond acceptors (Lipinski definition) is 15. The number of rotatable bonds is 85. The van der Waals surface area contributed by atoms with E-state index >= 15 is 0 Å². The van der Waals surface area contributed by atoms with Gasteiger partial charge in [0, 0.05) is 25.7 Å². The minimum Gasteiger partial charge on any atom is -0.462 e. The average Bonchev–Trinajstić information content (AvgIpc) is 0.901. The maximum Gasteiger partial charge on any atom is 0.472 e. The number of phosphoric ester groups is 2. The van der Waals surface area contributed by atoms with E-state index in [9.17, 15) is 43.2 Å². The third-order valence-corrected chi connectivity index (χ3v) is 22.5. The molecule has 107 heavy (non-hydrogen) atoms. The van der Waals surface area contributed by atoms with Gasteiger partial charge in [-0.25, -0.2) is 9.13 Å². The zero-order chi connectivity index (χ0) is 78.8. The summed E-state index contributed by atoms with van der Waals surface area (Å²) in [4.78, 5) is 73.2. The summed E-state index contributed by atoms with van der Waals surface area (Å²) in [7, 11) is -9.93. The summed E-state index contributed by atoms with van der Waals surface area (Å²) in [5, 5.41) is 10.7. The van der Waals surface area contributed by atoms with Gasteiger partial charge in [0.25, 0.3) is 0 Å². The highest BCUT2D eigenvalue weighted by atomic mass is 31.2. The molecule has 0 rings (SSSR count). The molecule has 0 saturated heterocycles. The second-order valence-electron chi connectivity index (χ2n) is 33.5. The minimum absolute atomic E-state index is 0.107. The van der Waals surface area contributed by atoms with Crippen molar-refractivity contribution in [2.75, 3.05) is 39.6 Å². The lowest BCUT2D eigenvalue weighted by Gasteiger charge is -2.21. The van der Waals surface area contributed by atoms with Crippen molar-refractivity contribution in [3.63, 3.8) is 0 Å². The lowest BCUT2D eigenvalue weighted by molar-refractivity contribution is -0.161. The molecule has 3 unspecified atom stereocenters. The second kappa shape index (κ2) is 76.7. The highest BCUT2D eigenvalue weighted by molar-refractivity contribution is 7.47. The fourth-order valence-electron chi connectivity index (χ4n) is 13.7. The Kier molecular flexibility index (Phi) is 75.3. The molecule has 0 fully saturated rings. The van der Waals surface area contributed by atoms with E-state index < -0.39 is 97.5 Å². The van der Waals surface area contributed by atoms with E-state index in [4.69, 9.17) is 37.0 Å². The van der Waals surface area contributed by atoms with E-state index in [-0.39, 0.29) is 25.7 Å². The number of carbonyl (C=O) groups excluding carboxylic acids is 4. The molecule has 0 spiro atoms. The number of esters is 4. The van der Waals surface area contributed by atoms with Crippen LogP contribution < -0.4 is 0 Å². The summed E-state index contributed by atoms with van der Waals surface area (Å²) in [5.41, 5.74) is 0. The molecule has 5 atom stereocenters. The molecule has 0 aromatic carbocycles. The first-order valence-electron chi connectivity index (χ1n) is 45.2. The topological polar surface area (TPSA) is 237 Å². The van der Waals surface area contributed by atoms with Crippen LogP contribution in [0, 0.1) is 23.7 Å². The van der Waals surface area contributed by atoms with Crippen molar-refractivity contribution in [3.8, 4) is 0 Å². The molecular weight excluding hydrogens is 1390 g/mol. The van der Waals surface area contributed by atoms with Gasteiger partial charge in [0.2, 0.25) is 0 Å². The first-order valence-corrected chi connectivity index (χ1v) is 48.2. The largest absolute Gasteiger partial charge is 0.472 e. The average molecular weight is 1560 g/mol. The van der Waals surface area contributed by atoms with E-state index in [1.54, 1.807) is 0 Å². The molecule has 0 aliphatic heterocycles. The highest BCUT2D eigenvalue weighted by Gasteiger charge is 2.31. The molecule has 0 aliphatic rings. The number of carbonyl (C=O) groups is 4. The van der Waals surface area contributed by atoms with Crippen LogP contribution in [0.2, 0.25) is 0 Å². The van der Waals surface area contributed by atoms with Crippen molar-refractivity contribution in [1.29, 1.82) is 0 Å². The van der Waals surface area contributed by atoms with Crippen molar-refractivity contribution in [2.24, 2.45) is 23.7 Å². The van der Waals surface area contributed by atoms with Gasteiger partial charge in [-0.2, -0.15) is 0 Å². The van der Waals surface area contributed by atoms with Crippen LogP contribution in [0.1, 0.15) is 460 Å². The van der Waals surface area contributed by atoms with E-state index in [1.165, 1.54) is 257 Å². The van der Waals surface area contributed by atoms with Gasteiger partial charge in [-0.05, 0) is 49.4 Å². The quantitative estimate of drug-likeness (QED) is 0.0222. The van der Waals surface area contributed by atoms with Crippen LogP contribution in [0.5, 0.6) is 0 Å². The summed E-state index contributed by atoms with van der Waals surface area (Å²) < 4.78 is 68.9. The van der Waals surface area contributed by atoms with Crippen molar-refractivity contribution >= 4 is 39.5 Å². The number of unbranched alkanes of at least 4 members (excludes halogenated alkanes) is 51. The number of ether oxygens (including phenoxy) is 4. The Hall–Kier alpha value is -1.94. The number of hydrogen-bond donors (Lipinski definition) is 3. The molecule has 0 heterocycles. The monoisotopic (exact) mass is 1560 g/mol. The molecule has 3 N–H and O–H groups in total. The zero-order valence-electron chi connectivity index (χ0n) is 70.8. The third-order valence-electron chi connectivity index (χ3n) is 20.6. The predicted octanol–water partition coefficient (Wildman–Crippen LogP) is 26.7. The Balaban J connectivity index is 5.20. The van der Waals surface area contributed by atoms with Gasteiger partial charge >= 0.3 is 39.5 Å². The first kappa shape index (κ1) is 105. The van der Waals surface area contributed by atoms with Gasteiger partial charge < -0.3 is 33.8 Å². The van der Waals surface area contributed by atoms with Crippen LogP contribution in [-0.2, 0) is 65.4 Å². The third kappa shape index (κ3) is 81.9. The maximum absolute atomic E-state index is 13.2. The van der Waals surface area contributed by atoms with Crippen molar-refractivity contribution in [3.05, 3.63) is 0 Å². The van der Waals surface area contributed by atoms with Crippen LogP contribution in [0.15, 0.2) is 0 Å². The summed E-state index contributed by atoms with van der Waals surface area (Å²) in [6.45, 7) is 14.3. The predicted molar refractivity (Wildman–Crippen MR) is 441 cm³/mol. The van der Waals surface area contributed by atoms with Crippen LogP contribution >= 0.6 is 15.6 Å². The van der Waals surface area contributed by atoms with Crippen molar-refractivity contribution in [2.45, 2.75) is 478 Å². The molecular formula is C88H172O17P2. The smallest absolute Gasteiger partial charge is 0.462 e. The Morgan fingerprint density at radius 2 is 0.393 bits per heavy atom. The number of aliphatic hydroxyl groups excluding tert-OH is 1. The normalized spacial score (nSPS) is 13.9. The van der Waals surface area contributed by atoms with Gasteiger partial charge in [-0.3, -0.25) is 37.3 Å². The Bertz CT molecular complexity index is 2080. The molecule has 19 heteroatoms. The molecule has 0 saturated carbocycles. The van der Waals surface area contributed by atoms with E-state index in [1.807, 2.05) is 0 Å². The Labute approximate surface area is 658 Å². The lowest BCUT2D eigenvalue weighted by Crippen LogP contribution is -2.30. The fourth-order valence-corrected chi connectivity index (χ4v) is 15.3. The minimum atomic E-state index is -4.97. The molecule has 0 radical (unpaired) electrons. The van der Waals surface area contributed by atoms with E-state index in [2.05, 4.69) is 55.4 Å². The van der Waals surface area contributed by atoms with Gasteiger partial charge in [0.1, 0.15) is 19.3 Å². The number of phosphoric acid groups is 2. The summed E-state index contributed by atoms with van der Waals surface area (Å²) in [6, 6.07) is 0. The van der Waals surface area contributed by atoms with Gasteiger partial charge in [-0.1, -0.05) is 409 Å². The first-order chi connectivity index (χ1) is 51.6. The Morgan fingerprint density at radius 3 is 0.579 bits per heavy atom. The van der Waals surface area contributed by atoms with E-state index in [0.29, 0.717) is 31.6 Å². The van der Waals surface area contributed by atoms with Crippen LogP contribution in [0.4, 0.5) is 0 Å². The number of aliphatic hydroxyl groups is 1. The van der Waals surface area contributed by atoms with Crippen molar-refractivity contribution in [1.82, 2.24) is 0 Å². The Morgan fingerprint density at radius 1 is 0.234 bits per heavy atom. The zero-order valence-corrected chi connectivity index (χ0v) is 72.6. The highest BCUT2D eigenvalue weighted by Crippen LogP contribution is 2.45. The van der Waals surface area contributed by atoms with Crippen molar-refractivity contribution < 1.29 is 80.2 Å².